The van der Waals surface area contributed by atoms with Crippen molar-refractivity contribution in [3.63, 3.8) is 0 Å². The Kier molecular flexibility index (Phi) is 5.50. The number of nitrogens with one attached hydrogen (secondary N) is 1. The minimum Gasteiger partial charge on any atom is -0.466 e. The van der Waals surface area contributed by atoms with Crippen molar-refractivity contribution in [2.24, 2.45) is 4.99 Å². The molecule has 0 amide bonds. The first-order chi connectivity index (χ1) is 10.4. The molecule has 1 atom stereocenters. The van der Waals surface area contributed by atoms with Crippen LogP contribution in [0.2, 0.25) is 4.34 Å². The largest absolute Gasteiger partial charge is 0.466 e. The predicted molar refractivity (Wildman–Crippen MR) is 90.4 cm³/mol. The van der Waals surface area contributed by atoms with Crippen LogP contribution in [0.15, 0.2) is 39.9 Å². The van der Waals surface area contributed by atoms with Gasteiger partial charge in [0.1, 0.15) is 11.4 Å². The van der Waals surface area contributed by atoms with E-state index in [1.165, 1.54) is 0 Å². The molecule has 22 heavy (non-hydrogen) atoms. The van der Waals surface area contributed by atoms with Crippen molar-refractivity contribution < 1.29 is 9.52 Å². The highest BCUT2D eigenvalue weighted by atomic mass is 35.5. The van der Waals surface area contributed by atoms with Gasteiger partial charge in [0.15, 0.2) is 5.96 Å². The summed E-state index contributed by atoms with van der Waals surface area (Å²) in [7, 11) is 3.65. The van der Waals surface area contributed by atoms with Gasteiger partial charge in [0.05, 0.1) is 23.7 Å². The SMILES string of the molecule is CN=C(NCC(C)(O)c1ccco1)N(C)Cc1ccc(Cl)s1. The summed E-state index contributed by atoms with van der Waals surface area (Å²) in [5.41, 5.74) is -1.10. The van der Waals surface area contributed by atoms with Gasteiger partial charge in [-0.3, -0.25) is 4.99 Å². The Morgan fingerprint density at radius 3 is 2.82 bits per heavy atom. The molecule has 0 aliphatic heterocycles. The Balaban J connectivity index is 1.94. The van der Waals surface area contributed by atoms with Crippen LogP contribution in [0, 0.1) is 0 Å². The topological polar surface area (TPSA) is 61.0 Å². The summed E-state index contributed by atoms with van der Waals surface area (Å²) >= 11 is 7.49. The maximum absolute atomic E-state index is 10.4. The molecule has 1 unspecified atom stereocenters. The van der Waals surface area contributed by atoms with Gasteiger partial charge in [0.2, 0.25) is 0 Å². The van der Waals surface area contributed by atoms with Crippen LogP contribution in [-0.4, -0.2) is 36.6 Å². The molecule has 0 fully saturated rings. The van der Waals surface area contributed by atoms with E-state index in [1.807, 2.05) is 24.1 Å². The second-order valence-electron chi connectivity index (χ2n) is 5.21. The average molecular weight is 342 g/mol. The van der Waals surface area contributed by atoms with Crippen molar-refractivity contribution in [2.45, 2.75) is 19.1 Å². The van der Waals surface area contributed by atoms with E-state index in [-0.39, 0.29) is 0 Å². The zero-order chi connectivity index (χ0) is 16.2. The maximum atomic E-state index is 10.4. The van der Waals surface area contributed by atoms with E-state index < -0.39 is 5.60 Å². The minimum atomic E-state index is -1.10. The van der Waals surface area contributed by atoms with E-state index in [9.17, 15) is 5.11 Å². The number of hydrogen-bond acceptors (Lipinski definition) is 4. The molecule has 5 nitrogen and oxygen atoms in total. The molecule has 0 aromatic carbocycles. The summed E-state index contributed by atoms with van der Waals surface area (Å²) < 4.78 is 6.04. The van der Waals surface area contributed by atoms with Crippen molar-refractivity contribution in [2.75, 3.05) is 20.6 Å². The van der Waals surface area contributed by atoms with E-state index in [0.29, 0.717) is 24.8 Å². The molecule has 0 aliphatic carbocycles. The van der Waals surface area contributed by atoms with E-state index >= 15 is 0 Å². The lowest BCUT2D eigenvalue weighted by molar-refractivity contribution is 0.0381. The fourth-order valence-electron chi connectivity index (χ4n) is 2.05. The van der Waals surface area contributed by atoms with Crippen LogP contribution in [0.5, 0.6) is 0 Å². The Morgan fingerprint density at radius 2 is 2.27 bits per heavy atom. The smallest absolute Gasteiger partial charge is 0.193 e. The molecule has 2 aromatic rings. The molecule has 0 bridgehead atoms. The molecule has 7 heteroatoms. The first kappa shape index (κ1) is 16.9. The number of aliphatic hydroxyl groups is 1. The lowest BCUT2D eigenvalue weighted by Crippen LogP contribution is -2.44. The number of hydrogen-bond donors (Lipinski definition) is 2. The highest BCUT2D eigenvalue weighted by Gasteiger charge is 2.26. The molecule has 120 valence electrons. The summed E-state index contributed by atoms with van der Waals surface area (Å²) in [4.78, 5) is 7.36. The number of nitrogens with zero attached hydrogens (tertiary/aromatic N) is 2. The number of aliphatic imine (C=N–C) groups is 1. The van der Waals surface area contributed by atoms with E-state index in [1.54, 1.807) is 43.7 Å². The molecule has 0 spiro atoms. The average Bonchev–Trinajstić information content (AvgIpc) is 3.11. The third-order valence-electron chi connectivity index (χ3n) is 3.24. The number of thiophene rings is 1. The van der Waals surface area contributed by atoms with Gasteiger partial charge < -0.3 is 19.7 Å². The van der Waals surface area contributed by atoms with Crippen LogP contribution >= 0.6 is 22.9 Å². The molecule has 0 saturated carbocycles. The van der Waals surface area contributed by atoms with E-state index in [0.717, 1.165) is 9.21 Å². The first-order valence-corrected chi connectivity index (χ1v) is 8.04. The molecule has 0 radical (unpaired) electrons. The second kappa shape index (κ2) is 7.17. The van der Waals surface area contributed by atoms with Crippen LogP contribution < -0.4 is 5.32 Å². The predicted octanol–water partition coefficient (Wildman–Crippen LogP) is 2.91. The lowest BCUT2D eigenvalue weighted by Gasteiger charge is -2.26. The Hall–Kier alpha value is -1.50. The number of halogens is 1. The summed E-state index contributed by atoms with van der Waals surface area (Å²) in [6, 6.07) is 7.39. The highest BCUT2D eigenvalue weighted by molar-refractivity contribution is 7.16. The monoisotopic (exact) mass is 341 g/mol. The first-order valence-electron chi connectivity index (χ1n) is 6.85. The third kappa shape index (κ3) is 4.25. The fourth-order valence-corrected chi connectivity index (χ4v) is 3.19. The van der Waals surface area contributed by atoms with Gasteiger partial charge >= 0.3 is 0 Å². The summed E-state index contributed by atoms with van der Waals surface area (Å²) in [5, 5.41) is 13.6. The zero-order valence-corrected chi connectivity index (χ0v) is 14.4. The van der Waals surface area contributed by atoms with Crippen LogP contribution in [0.1, 0.15) is 17.6 Å². The van der Waals surface area contributed by atoms with Crippen molar-refractivity contribution in [3.05, 3.63) is 45.5 Å². The van der Waals surface area contributed by atoms with Gasteiger partial charge in [-0.25, -0.2) is 0 Å². The molecule has 0 aliphatic rings. The second-order valence-corrected chi connectivity index (χ2v) is 7.01. The highest BCUT2D eigenvalue weighted by Crippen LogP contribution is 2.23. The van der Waals surface area contributed by atoms with Gasteiger partial charge in [-0.2, -0.15) is 0 Å². The third-order valence-corrected chi connectivity index (χ3v) is 4.45. The van der Waals surface area contributed by atoms with Crippen LogP contribution in [-0.2, 0) is 12.1 Å². The van der Waals surface area contributed by atoms with Gasteiger partial charge in [0.25, 0.3) is 0 Å². The van der Waals surface area contributed by atoms with Crippen molar-refractivity contribution in [1.82, 2.24) is 10.2 Å². The van der Waals surface area contributed by atoms with Crippen molar-refractivity contribution in [1.29, 1.82) is 0 Å². The molecule has 2 aromatic heterocycles. The Labute approximate surface area is 139 Å². The van der Waals surface area contributed by atoms with Gasteiger partial charge in [-0.1, -0.05) is 11.6 Å². The maximum Gasteiger partial charge on any atom is 0.193 e. The summed E-state index contributed by atoms with van der Waals surface area (Å²) in [6.45, 7) is 2.69. The van der Waals surface area contributed by atoms with Crippen molar-refractivity contribution in [3.8, 4) is 0 Å². The van der Waals surface area contributed by atoms with Gasteiger partial charge in [0, 0.05) is 19.0 Å². The number of guanidine groups is 1. The fraction of sp³-hybridized carbons (Fsp3) is 0.400. The molecular weight excluding hydrogens is 322 g/mol. The molecule has 2 heterocycles. The zero-order valence-electron chi connectivity index (χ0n) is 12.8. The standard InChI is InChI=1S/C15H20ClN3O2S/c1-15(20,12-5-4-8-21-12)10-18-14(17-2)19(3)9-11-6-7-13(16)22-11/h4-8,20H,9-10H2,1-3H3,(H,17,18). The van der Waals surface area contributed by atoms with Gasteiger partial charge in [-0.05, 0) is 31.2 Å². The van der Waals surface area contributed by atoms with E-state index in [2.05, 4.69) is 10.3 Å². The quantitative estimate of drug-likeness (QED) is 0.648. The minimum absolute atomic E-state index is 0.294. The normalized spacial score (nSPS) is 14.7. The summed E-state index contributed by atoms with van der Waals surface area (Å²) in [5.74, 6) is 1.21. The molecule has 0 saturated heterocycles. The lowest BCUT2D eigenvalue weighted by atomic mass is 10.0. The molecule has 2 rings (SSSR count). The van der Waals surface area contributed by atoms with Gasteiger partial charge in [-0.15, -0.1) is 11.3 Å². The van der Waals surface area contributed by atoms with Crippen LogP contribution in [0.25, 0.3) is 0 Å². The van der Waals surface area contributed by atoms with Crippen molar-refractivity contribution >= 4 is 28.9 Å². The van der Waals surface area contributed by atoms with Crippen LogP contribution in [0.3, 0.4) is 0 Å². The number of furan rings is 1. The summed E-state index contributed by atoms with van der Waals surface area (Å²) in [6.07, 6.45) is 1.55. The molecular formula is C15H20ClN3O2S. The molecule has 2 N–H and O–H groups in total. The Morgan fingerprint density at radius 1 is 1.50 bits per heavy atom. The van der Waals surface area contributed by atoms with Crippen LogP contribution in [0.4, 0.5) is 0 Å². The Bertz CT molecular complexity index is 623. The number of rotatable bonds is 5. The van der Waals surface area contributed by atoms with E-state index in [4.69, 9.17) is 16.0 Å².